The van der Waals surface area contributed by atoms with Gasteiger partial charge < -0.3 is 9.47 Å². The van der Waals surface area contributed by atoms with Gasteiger partial charge in [0.2, 0.25) is 0 Å². The zero-order chi connectivity index (χ0) is 21.9. The second-order valence-corrected chi connectivity index (χ2v) is 6.07. The number of esters is 2. The Morgan fingerprint density at radius 3 is 1.56 bits per heavy atom. The summed E-state index contributed by atoms with van der Waals surface area (Å²) in [6.07, 6.45) is 0.299. The van der Waals surface area contributed by atoms with Gasteiger partial charge in [0.15, 0.2) is 6.67 Å². The zero-order valence-corrected chi connectivity index (χ0v) is 14.4. The number of carbonyl (C=O) groups is 2. The summed E-state index contributed by atoms with van der Waals surface area (Å²) in [4.78, 5) is 22.5. The third kappa shape index (κ3) is 4.78. The summed E-state index contributed by atoms with van der Waals surface area (Å²) in [6, 6.07) is 0. The Hall–Kier alpha value is -1.69. The number of rotatable bonds is 10. The highest BCUT2D eigenvalue weighted by molar-refractivity contribution is 5.79. The van der Waals surface area contributed by atoms with Crippen LogP contribution < -0.4 is 0 Å². The molecule has 0 aromatic heterocycles. The van der Waals surface area contributed by atoms with E-state index in [9.17, 15) is 49.1 Å². The molecule has 0 bridgehead atoms. The lowest BCUT2D eigenvalue weighted by Gasteiger charge is -2.34. The SMILES string of the molecule is CCC(C)(C)C(=O)OCCOC(=O)C(F)(F)C(F)(F)C(F)(F)C(F)(F)CF. The third-order valence-electron chi connectivity index (χ3n) is 3.66. The zero-order valence-electron chi connectivity index (χ0n) is 14.4. The van der Waals surface area contributed by atoms with E-state index in [1.54, 1.807) is 6.92 Å². The fourth-order valence-electron chi connectivity index (χ4n) is 1.34. The molecule has 27 heavy (non-hydrogen) atoms. The Morgan fingerprint density at radius 1 is 0.778 bits per heavy atom. The van der Waals surface area contributed by atoms with Crippen molar-refractivity contribution in [1.82, 2.24) is 0 Å². The van der Waals surface area contributed by atoms with Gasteiger partial charge in [0.25, 0.3) is 0 Å². The van der Waals surface area contributed by atoms with Crippen LogP contribution in [0.25, 0.3) is 0 Å². The molecule has 0 amide bonds. The van der Waals surface area contributed by atoms with Crippen LogP contribution in [-0.2, 0) is 19.1 Å². The van der Waals surface area contributed by atoms with Crippen molar-refractivity contribution in [2.45, 2.75) is 50.9 Å². The van der Waals surface area contributed by atoms with Crippen LogP contribution in [0.5, 0.6) is 0 Å². The van der Waals surface area contributed by atoms with Crippen LogP contribution in [0.2, 0.25) is 0 Å². The van der Waals surface area contributed by atoms with E-state index in [0.29, 0.717) is 6.42 Å². The van der Waals surface area contributed by atoms with Gasteiger partial charge in [0.05, 0.1) is 5.41 Å². The number of hydrogen-bond donors (Lipinski definition) is 0. The molecule has 0 saturated heterocycles. The quantitative estimate of drug-likeness (QED) is 0.304. The van der Waals surface area contributed by atoms with Crippen molar-refractivity contribution in [2.24, 2.45) is 5.41 Å². The molecule has 0 aromatic rings. The monoisotopic (exact) mass is 420 g/mol. The van der Waals surface area contributed by atoms with Gasteiger partial charge in [-0.25, -0.2) is 9.18 Å². The maximum atomic E-state index is 13.3. The molecule has 0 unspecified atom stereocenters. The molecule has 0 spiro atoms. The van der Waals surface area contributed by atoms with Gasteiger partial charge in [-0.15, -0.1) is 0 Å². The van der Waals surface area contributed by atoms with Gasteiger partial charge in [0, 0.05) is 0 Å². The van der Waals surface area contributed by atoms with Crippen LogP contribution in [0.3, 0.4) is 0 Å². The van der Waals surface area contributed by atoms with Gasteiger partial charge in [-0.3, -0.25) is 4.79 Å². The van der Waals surface area contributed by atoms with E-state index in [-0.39, 0.29) is 0 Å². The predicted molar refractivity (Wildman–Crippen MR) is 71.8 cm³/mol. The molecule has 0 aliphatic rings. The second-order valence-electron chi connectivity index (χ2n) is 6.07. The summed E-state index contributed by atoms with van der Waals surface area (Å²) in [6.45, 7) is -0.985. The molecule has 13 heteroatoms. The van der Waals surface area contributed by atoms with Crippen molar-refractivity contribution in [1.29, 1.82) is 0 Å². The van der Waals surface area contributed by atoms with Crippen LogP contribution in [0.15, 0.2) is 0 Å². The fourth-order valence-corrected chi connectivity index (χ4v) is 1.34. The summed E-state index contributed by atoms with van der Waals surface area (Å²) in [5, 5.41) is 0. The molecule has 0 fully saturated rings. The molecular formula is C14H17F9O4. The van der Waals surface area contributed by atoms with E-state index in [2.05, 4.69) is 9.47 Å². The van der Waals surface area contributed by atoms with Crippen molar-refractivity contribution in [2.75, 3.05) is 19.9 Å². The lowest BCUT2D eigenvalue weighted by molar-refractivity contribution is -0.361. The van der Waals surface area contributed by atoms with Crippen molar-refractivity contribution in [3.05, 3.63) is 0 Å². The van der Waals surface area contributed by atoms with Crippen molar-refractivity contribution in [3.63, 3.8) is 0 Å². The minimum atomic E-state index is -6.96. The summed E-state index contributed by atoms with van der Waals surface area (Å²) in [5.74, 6) is -30.6. The summed E-state index contributed by atoms with van der Waals surface area (Å²) < 4.78 is 124. The Bertz CT molecular complexity index is 547. The van der Waals surface area contributed by atoms with Gasteiger partial charge in [0.1, 0.15) is 13.2 Å². The minimum Gasteiger partial charge on any atom is -0.462 e. The molecule has 0 aliphatic heterocycles. The van der Waals surface area contributed by atoms with Crippen molar-refractivity contribution >= 4 is 11.9 Å². The summed E-state index contributed by atoms with van der Waals surface area (Å²) in [5.41, 5.74) is -0.999. The second kappa shape index (κ2) is 8.13. The molecule has 0 aliphatic carbocycles. The van der Waals surface area contributed by atoms with E-state index >= 15 is 0 Å². The lowest BCUT2D eigenvalue weighted by Crippen LogP contribution is -2.65. The molecule has 0 atom stereocenters. The van der Waals surface area contributed by atoms with E-state index in [0.717, 1.165) is 0 Å². The highest BCUT2D eigenvalue weighted by Crippen LogP contribution is 2.52. The first kappa shape index (κ1) is 25.3. The van der Waals surface area contributed by atoms with Crippen LogP contribution in [-0.4, -0.2) is 55.5 Å². The largest absolute Gasteiger partial charge is 0.462 e. The van der Waals surface area contributed by atoms with Gasteiger partial charge in [-0.1, -0.05) is 6.92 Å². The Kier molecular flexibility index (Phi) is 7.62. The first-order valence-electron chi connectivity index (χ1n) is 7.34. The van der Waals surface area contributed by atoms with Crippen molar-refractivity contribution in [3.8, 4) is 0 Å². The molecule has 0 aromatic carbocycles. The van der Waals surface area contributed by atoms with Gasteiger partial charge in [-0.05, 0) is 20.3 Å². The fraction of sp³-hybridized carbons (Fsp3) is 0.857. The number of hydrogen-bond acceptors (Lipinski definition) is 4. The lowest BCUT2D eigenvalue weighted by atomic mass is 9.91. The predicted octanol–water partition coefficient (Wildman–Crippen LogP) is 4.02. The average molecular weight is 420 g/mol. The standard InChI is InChI=1S/C14H17F9O4/c1-4-10(2,3)8(24)26-5-6-27-9(25)12(18,19)14(22,23)13(20,21)11(16,17)7-15/h4-7H2,1-3H3. The topological polar surface area (TPSA) is 52.6 Å². The molecule has 0 rings (SSSR count). The van der Waals surface area contributed by atoms with Crippen LogP contribution in [0.4, 0.5) is 39.5 Å². The van der Waals surface area contributed by atoms with E-state index in [1.807, 2.05) is 0 Å². The molecule has 160 valence electrons. The Labute approximate surface area is 148 Å². The number of ether oxygens (including phenoxy) is 2. The first-order chi connectivity index (χ1) is 11.9. The maximum Gasteiger partial charge on any atom is 0.410 e. The third-order valence-corrected chi connectivity index (χ3v) is 3.66. The molecule has 0 heterocycles. The maximum absolute atomic E-state index is 13.3. The number of halogens is 9. The molecular weight excluding hydrogens is 403 g/mol. The molecule has 0 radical (unpaired) electrons. The highest BCUT2D eigenvalue weighted by Gasteiger charge is 2.83. The summed E-state index contributed by atoms with van der Waals surface area (Å²) in [7, 11) is 0. The van der Waals surface area contributed by atoms with Gasteiger partial charge in [-0.2, -0.15) is 35.1 Å². The summed E-state index contributed by atoms with van der Waals surface area (Å²) >= 11 is 0. The van der Waals surface area contributed by atoms with Crippen molar-refractivity contribution < 1.29 is 58.6 Å². The average Bonchev–Trinajstić information content (AvgIpc) is 2.57. The first-order valence-corrected chi connectivity index (χ1v) is 7.34. The number of carbonyl (C=O) groups excluding carboxylic acids is 2. The Morgan fingerprint density at radius 2 is 1.19 bits per heavy atom. The minimum absolute atomic E-state index is 0.299. The molecule has 0 N–H and O–H groups in total. The van der Waals surface area contributed by atoms with Crippen LogP contribution in [0, 0.1) is 5.41 Å². The van der Waals surface area contributed by atoms with E-state index in [4.69, 9.17) is 0 Å². The normalized spacial score (nSPS) is 14.1. The van der Waals surface area contributed by atoms with Gasteiger partial charge >= 0.3 is 35.6 Å². The van der Waals surface area contributed by atoms with Crippen LogP contribution >= 0.6 is 0 Å². The van der Waals surface area contributed by atoms with Crippen LogP contribution in [0.1, 0.15) is 27.2 Å². The Balaban J connectivity index is 5.07. The highest BCUT2D eigenvalue weighted by atomic mass is 19.4. The molecule has 0 saturated carbocycles. The van der Waals surface area contributed by atoms with E-state index in [1.165, 1.54) is 13.8 Å². The number of alkyl halides is 9. The van der Waals surface area contributed by atoms with E-state index < -0.39 is 60.9 Å². The molecule has 4 nitrogen and oxygen atoms in total. The smallest absolute Gasteiger partial charge is 0.410 e.